The summed E-state index contributed by atoms with van der Waals surface area (Å²) in [6.07, 6.45) is 6.66. The average Bonchev–Trinajstić information content (AvgIpc) is 2.66. The minimum absolute atomic E-state index is 0.144. The summed E-state index contributed by atoms with van der Waals surface area (Å²) < 4.78 is 4.79. The zero-order chi connectivity index (χ0) is 13.8. The van der Waals surface area contributed by atoms with Gasteiger partial charge in [0.25, 0.3) is 5.91 Å². The number of nitrogens with one attached hydrogen (secondary N) is 1. The van der Waals surface area contributed by atoms with Gasteiger partial charge in [0.15, 0.2) is 5.57 Å². The molecule has 1 amide bonds. The van der Waals surface area contributed by atoms with Crippen molar-refractivity contribution in [2.24, 2.45) is 5.92 Å². The van der Waals surface area contributed by atoms with Gasteiger partial charge in [-0.15, -0.1) is 0 Å². The number of aliphatic hydroxyl groups excluding tert-OH is 1. The Labute approximate surface area is 113 Å². The molecule has 2 N–H and O–H groups in total. The molecule has 0 spiro atoms. The highest BCUT2D eigenvalue weighted by Gasteiger charge is 2.37. The van der Waals surface area contributed by atoms with E-state index in [1.807, 2.05) is 0 Å². The first kappa shape index (κ1) is 13.9. The van der Waals surface area contributed by atoms with Crippen LogP contribution < -0.4 is 5.32 Å². The Morgan fingerprint density at radius 3 is 2.68 bits per heavy atom. The molecule has 1 atom stereocenters. The lowest BCUT2D eigenvalue weighted by Gasteiger charge is -2.24. The van der Waals surface area contributed by atoms with Crippen LogP contribution in [0.15, 0.2) is 11.3 Å². The number of carbonyl (C=O) groups excluding carboxylic acids is 2. The summed E-state index contributed by atoms with van der Waals surface area (Å²) in [4.78, 5) is 23.3. The molecule has 2 rings (SSSR count). The van der Waals surface area contributed by atoms with Crippen LogP contribution in [0.4, 0.5) is 0 Å². The first-order valence-corrected chi connectivity index (χ1v) is 7.04. The van der Waals surface area contributed by atoms with Gasteiger partial charge in [-0.05, 0) is 19.3 Å². The van der Waals surface area contributed by atoms with E-state index in [4.69, 9.17) is 4.74 Å². The summed E-state index contributed by atoms with van der Waals surface area (Å²) in [5.74, 6) is -0.878. The molecule has 2 aliphatic rings. The van der Waals surface area contributed by atoms with E-state index in [1.54, 1.807) is 6.92 Å². The molecule has 0 unspecified atom stereocenters. The normalized spacial score (nSPS) is 24.5. The highest BCUT2D eigenvalue weighted by Crippen LogP contribution is 2.30. The zero-order valence-corrected chi connectivity index (χ0v) is 11.3. The second-order valence-electron chi connectivity index (χ2n) is 5.25. The largest absolute Gasteiger partial charge is 0.509 e. The topological polar surface area (TPSA) is 75.6 Å². The van der Waals surface area contributed by atoms with Crippen LogP contribution in [-0.2, 0) is 14.3 Å². The number of aliphatic hydroxyl groups is 1. The molecule has 0 saturated heterocycles. The van der Waals surface area contributed by atoms with Gasteiger partial charge in [0, 0.05) is 0 Å². The molecule has 0 aromatic heterocycles. The van der Waals surface area contributed by atoms with Crippen molar-refractivity contribution in [1.82, 2.24) is 5.32 Å². The van der Waals surface area contributed by atoms with E-state index in [1.165, 1.54) is 19.3 Å². The monoisotopic (exact) mass is 267 g/mol. The maximum Gasteiger partial charge on any atom is 0.347 e. The molecule has 19 heavy (non-hydrogen) atoms. The second-order valence-corrected chi connectivity index (χ2v) is 5.25. The molecule has 1 saturated carbocycles. The summed E-state index contributed by atoms with van der Waals surface area (Å²) >= 11 is 0. The van der Waals surface area contributed by atoms with Gasteiger partial charge >= 0.3 is 5.97 Å². The number of rotatable bonds is 4. The molecule has 0 aromatic carbocycles. The van der Waals surface area contributed by atoms with E-state index in [2.05, 4.69) is 5.32 Å². The standard InChI is InChI=1S/C14H21NO4/c1-2-19-14(18)11-12(16)10(15-13(11)17)8-9-6-4-3-5-7-9/h9-10,16H,2-8H2,1H3,(H,15,17)/t10-/m0/s1. The molecule has 1 heterocycles. The fraction of sp³-hybridized carbons (Fsp3) is 0.714. The van der Waals surface area contributed by atoms with Gasteiger partial charge in [-0.2, -0.15) is 0 Å². The van der Waals surface area contributed by atoms with Crippen LogP contribution in [0.2, 0.25) is 0 Å². The molecule has 106 valence electrons. The zero-order valence-electron chi connectivity index (χ0n) is 11.3. The van der Waals surface area contributed by atoms with Crippen molar-refractivity contribution in [3.05, 3.63) is 11.3 Å². The third-order valence-electron chi connectivity index (χ3n) is 3.89. The molecule has 0 aromatic rings. The van der Waals surface area contributed by atoms with Gasteiger partial charge in [-0.25, -0.2) is 4.79 Å². The minimum Gasteiger partial charge on any atom is -0.509 e. The Hall–Kier alpha value is -1.52. The summed E-state index contributed by atoms with van der Waals surface area (Å²) in [7, 11) is 0. The van der Waals surface area contributed by atoms with Crippen molar-refractivity contribution >= 4 is 11.9 Å². The number of carbonyl (C=O) groups is 2. The Balaban J connectivity index is 2.03. The van der Waals surface area contributed by atoms with Crippen LogP contribution in [0.5, 0.6) is 0 Å². The van der Waals surface area contributed by atoms with Crippen LogP contribution in [-0.4, -0.2) is 29.6 Å². The molecule has 1 fully saturated rings. The van der Waals surface area contributed by atoms with Gasteiger partial charge in [0.1, 0.15) is 5.76 Å². The van der Waals surface area contributed by atoms with Crippen molar-refractivity contribution < 1.29 is 19.4 Å². The van der Waals surface area contributed by atoms with Crippen LogP contribution in [0, 0.1) is 5.92 Å². The lowest BCUT2D eigenvalue weighted by molar-refractivity contribution is -0.140. The van der Waals surface area contributed by atoms with E-state index in [9.17, 15) is 14.7 Å². The molecule has 1 aliphatic carbocycles. The van der Waals surface area contributed by atoms with Gasteiger partial charge in [-0.3, -0.25) is 4.79 Å². The molecule has 0 bridgehead atoms. The second kappa shape index (κ2) is 6.08. The highest BCUT2D eigenvalue weighted by atomic mass is 16.5. The number of hydrogen-bond donors (Lipinski definition) is 2. The average molecular weight is 267 g/mol. The summed E-state index contributed by atoms with van der Waals surface area (Å²) in [5.41, 5.74) is -0.220. The summed E-state index contributed by atoms with van der Waals surface area (Å²) in [6, 6.07) is -0.421. The van der Waals surface area contributed by atoms with Crippen molar-refractivity contribution in [3.63, 3.8) is 0 Å². The van der Waals surface area contributed by atoms with Gasteiger partial charge < -0.3 is 15.2 Å². The Bertz CT molecular complexity index is 396. The van der Waals surface area contributed by atoms with Crippen LogP contribution in [0.1, 0.15) is 45.4 Å². The van der Waals surface area contributed by atoms with Gasteiger partial charge in [0.2, 0.25) is 0 Å². The van der Waals surface area contributed by atoms with E-state index >= 15 is 0 Å². The highest BCUT2D eigenvalue weighted by molar-refractivity contribution is 6.18. The van der Waals surface area contributed by atoms with Crippen molar-refractivity contribution in [2.75, 3.05) is 6.61 Å². The van der Waals surface area contributed by atoms with Crippen molar-refractivity contribution in [2.45, 2.75) is 51.5 Å². The molecule has 0 radical (unpaired) electrons. The lowest BCUT2D eigenvalue weighted by atomic mass is 9.84. The maximum absolute atomic E-state index is 11.7. The fourth-order valence-electron chi connectivity index (χ4n) is 2.92. The smallest absolute Gasteiger partial charge is 0.347 e. The molecule has 1 aliphatic heterocycles. The maximum atomic E-state index is 11.7. The Morgan fingerprint density at radius 1 is 1.37 bits per heavy atom. The number of amides is 1. The molecular weight excluding hydrogens is 246 g/mol. The first-order valence-electron chi connectivity index (χ1n) is 7.04. The summed E-state index contributed by atoms with van der Waals surface area (Å²) in [6.45, 7) is 1.86. The minimum atomic E-state index is -0.733. The third-order valence-corrected chi connectivity index (χ3v) is 3.89. The van der Waals surface area contributed by atoms with E-state index in [0.29, 0.717) is 12.3 Å². The van der Waals surface area contributed by atoms with E-state index in [-0.39, 0.29) is 17.9 Å². The molecule has 5 heteroatoms. The number of hydrogen-bond acceptors (Lipinski definition) is 4. The number of esters is 1. The van der Waals surface area contributed by atoms with Gasteiger partial charge in [0.05, 0.1) is 12.6 Å². The van der Waals surface area contributed by atoms with Crippen LogP contribution >= 0.6 is 0 Å². The SMILES string of the molecule is CCOC(=O)C1=C(O)[C@H](CC2CCCCC2)NC1=O. The van der Waals surface area contributed by atoms with Crippen molar-refractivity contribution in [3.8, 4) is 0 Å². The predicted octanol–water partition coefficient (Wildman–Crippen LogP) is 1.83. The fourth-order valence-corrected chi connectivity index (χ4v) is 2.92. The van der Waals surface area contributed by atoms with E-state index < -0.39 is 17.9 Å². The third kappa shape index (κ3) is 3.08. The first-order chi connectivity index (χ1) is 9.13. The lowest BCUT2D eigenvalue weighted by Crippen LogP contribution is -2.32. The predicted molar refractivity (Wildman–Crippen MR) is 69.4 cm³/mol. The van der Waals surface area contributed by atoms with E-state index in [0.717, 1.165) is 12.8 Å². The quantitative estimate of drug-likeness (QED) is 0.602. The molecular formula is C14H21NO4. The van der Waals surface area contributed by atoms with Crippen molar-refractivity contribution in [1.29, 1.82) is 0 Å². The van der Waals surface area contributed by atoms with Gasteiger partial charge in [-0.1, -0.05) is 32.1 Å². The van der Waals surface area contributed by atoms with Crippen LogP contribution in [0.25, 0.3) is 0 Å². The Morgan fingerprint density at radius 2 is 2.05 bits per heavy atom. The summed E-state index contributed by atoms with van der Waals surface area (Å²) in [5, 5.41) is 12.7. The van der Waals surface area contributed by atoms with Crippen LogP contribution in [0.3, 0.4) is 0 Å². The number of ether oxygens (including phenoxy) is 1. The Kier molecular flexibility index (Phi) is 4.45. The molecule has 5 nitrogen and oxygen atoms in total.